The standard InChI is InChI=1S/C44H63ClN6O9S/c1-30(2)39(43(55)51-18-14-32(15-19-51)31-10-12-35(45)13-11-31)49-42(54)34-7-5-6-33(28-34)41(53)47-17-21-58-23-25-60-27-26-59-24-22-57-20-16-46-38(52)9-4-3-8-37-40-36(29-61-37)48-44(56)50-40/h5-7,10-13,28,30,32,36-37,39-40H,3-4,8-9,14-27,29H2,1-2H3,(H,46,52)(H,47,53)(H,49,54)(H2,48,50,56)/t36-,37-,39?,40-/m0/s1. The fourth-order valence-electron chi connectivity index (χ4n) is 7.63. The Morgan fingerprint density at radius 3 is 2.05 bits per heavy atom. The van der Waals surface area contributed by atoms with E-state index in [9.17, 15) is 24.0 Å². The van der Waals surface area contributed by atoms with Crippen LogP contribution in [0, 0.1) is 5.92 Å². The summed E-state index contributed by atoms with van der Waals surface area (Å²) in [5.74, 6) is 0.362. The predicted octanol–water partition coefficient (Wildman–Crippen LogP) is 4.14. The summed E-state index contributed by atoms with van der Waals surface area (Å²) in [5, 5.41) is 15.7. The summed E-state index contributed by atoms with van der Waals surface area (Å²) in [7, 11) is 0. The van der Waals surface area contributed by atoms with Crippen molar-refractivity contribution < 1.29 is 42.9 Å². The summed E-state index contributed by atoms with van der Waals surface area (Å²) in [6, 6.07) is 14.0. The second-order valence-corrected chi connectivity index (χ2v) is 17.6. The van der Waals surface area contributed by atoms with Crippen LogP contribution in [-0.2, 0) is 28.5 Å². The smallest absolute Gasteiger partial charge is 0.315 e. The fraction of sp³-hybridized carbons (Fsp3) is 0.614. The number of rotatable bonds is 26. The second kappa shape index (κ2) is 25.9. The number of fused-ring (bicyclic) bond motifs is 1. The molecule has 3 heterocycles. The minimum absolute atomic E-state index is 0.0210. The van der Waals surface area contributed by atoms with Crippen molar-refractivity contribution in [3.8, 4) is 0 Å². The van der Waals surface area contributed by atoms with Crippen molar-refractivity contribution in [3.63, 3.8) is 0 Å². The zero-order valence-electron chi connectivity index (χ0n) is 35.4. The van der Waals surface area contributed by atoms with Crippen molar-refractivity contribution in [2.24, 2.45) is 5.92 Å². The maximum atomic E-state index is 13.6. The number of carbonyl (C=O) groups is 5. The lowest BCUT2D eigenvalue weighted by molar-refractivity contribution is -0.135. The molecular weight excluding hydrogens is 824 g/mol. The highest BCUT2D eigenvalue weighted by Crippen LogP contribution is 2.33. The van der Waals surface area contributed by atoms with Gasteiger partial charge in [-0.3, -0.25) is 19.2 Å². The van der Waals surface area contributed by atoms with Gasteiger partial charge in [0.05, 0.1) is 64.9 Å². The molecule has 2 aromatic carbocycles. The number of piperidine rings is 1. The molecule has 0 spiro atoms. The molecule has 0 radical (unpaired) electrons. The van der Waals surface area contributed by atoms with E-state index in [1.54, 1.807) is 18.2 Å². The molecule has 2 aromatic rings. The Balaban J connectivity index is 0.827. The molecule has 15 nitrogen and oxygen atoms in total. The molecule has 3 aliphatic rings. The Morgan fingerprint density at radius 2 is 1.41 bits per heavy atom. The van der Waals surface area contributed by atoms with Gasteiger partial charge in [0.2, 0.25) is 11.8 Å². The molecule has 3 fully saturated rings. The van der Waals surface area contributed by atoms with Gasteiger partial charge in [0.25, 0.3) is 11.8 Å². The SMILES string of the molecule is CC(C)C(NC(=O)c1cccc(C(=O)NCCOCCOCCOCCOCCNC(=O)CCCC[C@@H]2SC[C@@H]3NC(=O)N[C@@H]32)c1)C(=O)N1CCC(c2ccc(Cl)cc2)CC1. The number of hydrogen-bond donors (Lipinski definition) is 5. The van der Waals surface area contributed by atoms with E-state index in [-0.39, 0.29) is 48.3 Å². The lowest BCUT2D eigenvalue weighted by atomic mass is 9.89. The van der Waals surface area contributed by atoms with E-state index >= 15 is 0 Å². The van der Waals surface area contributed by atoms with Crippen molar-refractivity contribution in [3.05, 3.63) is 70.2 Å². The zero-order valence-corrected chi connectivity index (χ0v) is 37.0. The molecular formula is C44H63ClN6O9S. The Kier molecular flexibility index (Phi) is 20.4. The van der Waals surface area contributed by atoms with E-state index in [2.05, 4.69) is 26.6 Å². The lowest BCUT2D eigenvalue weighted by Crippen LogP contribution is -2.52. The summed E-state index contributed by atoms with van der Waals surface area (Å²) < 4.78 is 22.1. The van der Waals surface area contributed by atoms with Crippen LogP contribution in [0.3, 0.4) is 0 Å². The minimum atomic E-state index is -0.691. The highest BCUT2D eigenvalue weighted by Gasteiger charge is 2.42. The van der Waals surface area contributed by atoms with E-state index in [1.807, 2.05) is 54.8 Å². The van der Waals surface area contributed by atoms with Crippen molar-refractivity contribution in [1.82, 2.24) is 31.5 Å². The van der Waals surface area contributed by atoms with Crippen LogP contribution >= 0.6 is 23.4 Å². The average Bonchev–Trinajstić information content (AvgIpc) is 3.82. The molecule has 4 atom stereocenters. The number of benzene rings is 2. The topological polar surface area (TPSA) is 186 Å². The van der Waals surface area contributed by atoms with Crippen LogP contribution in [-0.4, -0.2) is 143 Å². The number of ether oxygens (including phenoxy) is 4. The molecule has 3 aliphatic heterocycles. The van der Waals surface area contributed by atoms with E-state index in [4.69, 9.17) is 30.5 Å². The van der Waals surface area contributed by atoms with Crippen LogP contribution in [0.15, 0.2) is 48.5 Å². The molecule has 6 amide bonds. The molecule has 5 N–H and O–H groups in total. The second-order valence-electron chi connectivity index (χ2n) is 15.9. The van der Waals surface area contributed by atoms with E-state index < -0.39 is 11.9 Å². The largest absolute Gasteiger partial charge is 0.377 e. The summed E-state index contributed by atoms with van der Waals surface area (Å²) in [6.45, 7) is 8.87. The van der Waals surface area contributed by atoms with Gasteiger partial charge in [-0.25, -0.2) is 4.79 Å². The molecule has 61 heavy (non-hydrogen) atoms. The number of nitrogens with one attached hydrogen (secondary N) is 5. The van der Waals surface area contributed by atoms with E-state index in [1.165, 1.54) is 11.6 Å². The maximum absolute atomic E-state index is 13.6. The van der Waals surface area contributed by atoms with Crippen LogP contribution in [0.4, 0.5) is 4.79 Å². The molecule has 1 unspecified atom stereocenters. The number of thioether (sulfide) groups is 1. The summed E-state index contributed by atoms with van der Waals surface area (Å²) in [4.78, 5) is 65.1. The number of unbranched alkanes of at least 4 members (excludes halogenated alkanes) is 1. The first kappa shape index (κ1) is 48.1. The number of halogens is 1. The van der Waals surface area contributed by atoms with Crippen LogP contribution in [0.2, 0.25) is 5.02 Å². The molecule has 0 aliphatic carbocycles. The molecule has 5 rings (SSSR count). The molecule has 0 aromatic heterocycles. The Labute approximate surface area is 368 Å². The van der Waals surface area contributed by atoms with Crippen LogP contribution in [0.1, 0.15) is 84.6 Å². The van der Waals surface area contributed by atoms with Gasteiger partial charge >= 0.3 is 6.03 Å². The summed E-state index contributed by atoms with van der Waals surface area (Å²) in [5.41, 5.74) is 1.85. The molecule has 0 bridgehead atoms. The normalized spacial score (nSPS) is 19.2. The van der Waals surface area contributed by atoms with Crippen molar-refractivity contribution in [1.29, 1.82) is 0 Å². The Morgan fingerprint density at radius 1 is 0.803 bits per heavy atom. The van der Waals surface area contributed by atoms with Crippen LogP contribution in [0.25, 0.3) is 0 Å². The van der Waals surface area contributed by atoms with E-state index in [0.717, 1.165) is 37.9 Å². The number of amides is 6. The molecule has 17 heteroatoms. The van der Waals surface area contributed by atoms with Gasteiger partial charge in [-0.05, 0) is 73.4 Å². The number of likely N-dealkylation sites (tertiary alicyclic amines) is 1. The molecule has 0 saturated carbocycles. The van der Waals surface area contributed by atoms with Crippen molar-refractivity contribution in [2.75, 3.05) is 84.8 Å². The quantitative estimate of drug-likeness (QED) is 0.0680. The first-order valence-corrected chi connectivity index (χ1v) is 23.0. The minimum Gasteiger partial charge on any atom is -0.377 e. The third-order valence-corrected chi connectivity index (χ3v) is 12.8. The number of nitrogens with zero attached hydrogens (tertiary/aromatic N) is 1. The average molecular weight is 888 g/mol. The third-order valence-electron chi connectivity index (χ3n) is 11.1. The van der Waals surface area contributed by atoms with Gasteiger partial charge in [0, 0.05) is 59.8 Å². The number of hydrogen-bond acceptors (Lipinski definition) is 10. The van der Waals surface area contributed by atoms with Crippen LogP contribution in [0.5, 0.6) is 0 Å². The molecule has 336 valence electrons. The van der Waals surface area contributed by atoms with Crippen molar-refractivity contribution >= 4 is 53.0 Å². The third kappa shape index (κ3) is 16.0. The monoisotopic (exact) mass is 886 g/mol. The zero-order chi connectivity index (χ0) is 43.4. The van der Waals surface area contributed by atoms with Gasteiger partial charge in [0.1, 0.15) is 6.04 Å². The summed E-state index contributed by atoms with van der Waals surface area (Å²) >= 11 is 7.94. The maximum Gasteiger partial charge on any atom is 0.315 e. The van der Waals surface area contributed by atoms with Gasteiger partial charge in [-0.1, -0.05) is 50.1 Å². The first-order chi connectivity index (χ1) is 29.6. The Bertz CT molecular complexity index is 1710. The Hall–Kier alpha value is -3.93. The van der Waals surface area contributed by atoms with Crippen molar-refractivity contribution in [2.45, 2.75) is 81.7 Å². The number of carbonyl (C=O) groups excluding carboxylic acids is 5. The first-order valence-electron chi connectivity index (χ1n) is 21.6. The van der Waals surface area contributed by atoms with Gasteiger partial charge in [-0.15, -0.1) is 0 Å². The highest BCUT2D eigenvalue weighted by atomic mass is 35.5. The summed E-state index contributed by atoms with van der Waals surface area (Å²) in [6.07, 6.45) is 4.94. The fourth-order valence-corrected chi connectivity index (χ4v) is 9.30. The van der Waals surface area contributed by atoms with Gasteiger partial charge in [0.15, 0.2) is 0 Å². The number of urea groups is 1. The van der Waals surface area contributed by atoms with E-state index in [0.29, 0.717) is 106 Å². The highest BCUT2D eigenvalue weighted by molar-refractivity contribution is 8.00. The van der Waals surface area contributed by atoms with Gasteiger partial charge in [-0.2, -0.15) is 11.8 Å². The predicted molar refractivity (Wildman–Crippen MR) is 235 cm³/mol. The lowest BCUT2D eigenvalue weighted by Gasteiger charge is -2.35. The van der Waals surface area contributed by atoms with Crippen LogP contribution < -0.4 is 26.6 Å². The molecule has 3 saturated heterocycles. The van der Waals surface area contributed by atoms with Gasteiger partial charge < -0.3 is 50.4 Å².